The Morgan fingerprint density at radius 2 is 1.90 bits per heavy atom. The van der Waals surface area contributed by atoms with E-state index in [4.69, 9.17) is 5.73 Å². The minimum Gasteiger partial charge on any atom is -0.330 e. The van der Waals surface area contributed by atoms with Gasteiger partial charge in [-0.2, -0.15) is 0 Å². The van der Waals surface area contributed by atoms with Crippen molar-refractivity contribution in [3.8, 4) is 0 Å². The number of anilines is 1. The zero-order valence-electron chi connectivity index (χ0n) is 13.6. The molecule has 1 amide bonds. The molecule has 1 atom stereocenters. The molecule has 0 heterocycles. The van der Waals surface area contributed by atoms with E-state index >= 15 is 0 Å². The second kappa shape index (κ2) is 9.53. The van der Waals surface area contributed by atoms with E-state index in [1.165, 1.54) is 5.56 Å². The number of nitrogens with one attached hydrogen (secondary N) is 1. The zero-order valence-corrected chi connectivity index (χ0v) is 13.6. The van der Waals surface area contributed by atoms with Gasteiger partial charge < -0.3 is 16.0 Å². The lowest BCUT2D eigenvalue weighted by Gasteiger charge is -2.13. The molecule has 118 valence electrons. The van der Waals surface area contributed by atoms with Gasteiger partial charge in [0, 0.05) is 18.7 Å². The quantitative estimate of drug-likeness (QED) is 0.735. The summed E-state index contributed by atoms with van der Waals surface area (Å²) in [7, 11) is 4.09. The first-order valence-corrected chi connectivity index (χ1v) is 7.78. The minimum absolute atomic E-state index is 0.0887. The Morgan fingerprint density at radius 3 is 2.43 bits per heavy atom. The fourth-order valence-corrected chi connectivity index (χ4v) is 2.41. The van der Waals surface area contributed by atoms with E-state index in [-0.39, 0.29) is 5.91 Å². The third-order valence-electron chi connectivity index (χ3n) is 3.67. The maximum Gasteiger partial charge on any atom is 0.224 e. The van der Waals surface area contributed by atoms with Crippen LogP contribution in [0.3, 0.4) is 0 Å². The molecule has 1 unspecified atom stereocenters. The third kappa shape index (κ3) is 7.25. The molecule has 0 aliphatic heterocycles. The molecule has 0 spiro atoms. The number of benzene rings is 1. The molecular formula is C17H29N3O. The van der Waals surface area contributed by atoms with Gasteiger partial charge in [0.25, 0.3) is 0 Å². The molecule has 0 saturated carbocycles. The molecule has 3 N–H and O–H groups in total. The second-order valence-corrected chi connectivity index (χ2v) is 5.87. The van der Waals surface area contributed by atoms with Crippen molar-refractivity contribution in [2.75, 3.05) is 26.0 Å². The number of hydrogen-bond donors (Lipinski definition) is 2. The Morgan fingerprint density at radius 1 is 1.24 bits per heavy atom. The van der Waals surface area contributed by atoms with E-state index in [9.17, 15) is 4.79 Å². The van der Waals surface area contributed by atoms with Crippen LogP contribution >= 0.6 is 0 Å². The number of nitrogens with two attached hydrogens (primary N) is 1. The molecule has 1 rings (SSSR count). The van der Waals surface area contributed by atoms with E-state index in [2.05, 4.69) is 29.3 Å². The maximum atomic E-state index is 11.9. The van der Waals surface area contributed by atoms with Gasteiger partial charge in [-0.3, -0.25) is 4.79 Å². The van der Waals surface area contributed by atoms with Crippen LogP contribution < -0.4 is 11.1 Å². The predicted octanol–water partition coefficient (Wildman–Crippen LogP) is 2.84. The summed E-state index contributed by atoms with van der Waals surface area (Å²) in [5, 5.41) is 2.96. The lowest BCUT2D eigenvalue weighted by atomic mass is 9.96. The topological polar surface area (TPSA) is 58.4 Å². The van der Waals surface area contributed by atoms with Crippen LogP contribution in [0.4, 0.5) is 5.69 Å². The van der Waals surface area contributed by atoms with Gasteiger partial charge in [-0.1, -0.05) is 25.5 Å². The van der Waals surface area contributed by atoms with Crippen LogP contribution in [0.25, 0.3) is 0 Å². The molecule has 0 aliphatic rings. The first-order chi connectivity index (χ1) is 10.0. The van der Waals surface area contributed by atoms with Crippen LogP contribution in [0.1, 0.15) is 38.2 Å². The molecule has 0 aliphatic carbocycles. The molecular weight excluding hydrogens is 262 g/mol. The number of hydrogen-bond acceptors (Lipinski definition) is 3. The van der Waals surface area contributed by atoms with Crippen LogP contribution in [0.5, 0.6) is 0 Å². The van der Waals surface area contributed by atoms with Crippen molar-refractivity contribution >= 4 is 11.6 Å². The van der Waals surface area contributed by atoms with Crippen molar-refractivity contribution in [2.45, 2.75) is 39.2 Å². The van der Waals surface area contributed by atoms with Crippen LogP contribution in [-0.4, -0.2) is 31.4 Å². The van der Waals surface area contributed by atoms with Crippen molar-refractivity contribution in [2.24, 2.45) is 11.7 Å². The molecule has 4 nitrogen and oxygen atoms in total. The Labute approximate surface area is 128 Å². The number of carbonyl (C=O) groups is 1. The number of nitrogens with zero attached hydrogens (tertiary/aromatic N) is 1. The minimum atomic E-state index is 0.0887. The molecule has 0 radical (unpaired) electrons. The van der Waals surface area contributed by atoms with Gasteiger partial charge >= 0.3 is 0 Å². The van der Waals surface area contributed by atoms with E-state index in [0.717, 1.165) is 31.5 Å². The summed E-state index contributed by atoms with van der Waals surface area (Å²) in [5.74, 6) is 0.647. The fraction of sp³-hybridized carbons (Fsp3) is 0.588. The fourth-order valence-electron chi connectivity index (χ4n) is 2.41. The molecule has 21 heavy (non-hydrogen) atoms. The molecule has 0 fully saturated rings. The van der Waals surface area contributed by atoms with Gasteiger partial charge in [0.2, 0.25) is 5.91 Å². The smallest absolute Gasteiger partial charge is 0.224 e. The van der Waals surface area contributed by atoms with E-state index in [1.54, 1.807) is 0 Å². The summed E-state index contributed by atoms with van der Waals surface area (Å²) in [6.07, 6.45) is 3.57. The van der Waals surface area contributed by atoms with Crippen LogP contribution in [0, 0.1) is 5.92 Å². The Bertz CT molecular complexity index is 415. The molecule has 1 aromatic rings. The highest BCUT2D eigenvalue weighted by molar-refractivity contribution is 5.90. The molecule has 1 aromatic carbocycles. The second-order valence-electron chi connectivity index (χ2n) is 5.87. The lowest BCUT2D eigenvalue weighted by Crippen LogP contribution is -2.15. The highest BCUT2D eigenvalue weighted by Crippen LogP contribution is 2.16. The Balaban J connectivity index is 2.40. The average molecular weight is 291 g/mol. The highest BCUT2D eigenvalue weighted by Gasteiger charge is 2.09. The molecule has 0 bridgehead atoms. The predicted molar refractivity (Wildman–Crippen MR) is 89.1 cm³/mol. The van der Waals surface area contributed by atoms with Gasteiger partial charge in [-0.15, -0.1) is 0 Å². The third-order valence-corrected chi connectivity index (χ3v) is 3.67. The summed E-state index contributed by atoms with van der Waals surface area (Å²) < 4.78 is 0. The van der Waals surface area contributed by atoms with Gasteiger partial charge in [-0.25, -0.2) is 0 Å². The molecule has 0 aromatic heterocycles. The van der Waals surface area contributed by atoms with Gasteiger partial charge in [-0.05, 0) is 57.1 Å². The standard InChI is InChI=1S/C17H29N3O/c1-4-14(11-12-18)7-10-17(21)19-16-8-5-15(6-9-16)13-20(2)3/h5-6,8-9,14H,4,7,10-13,18H2,1-3H3,(H,19,21). The van der Waals surface area contributed by atoms with E-state index in [0.29, 0.717) is 18.9 Å². The largest absolute Gasteiger partial charge is 0.330 e. The highest BCUT2D eigenvalue weighted by atomic mass is 16.1. The lowest BCUT2D eigenvalue weighted by molar-refractivity contribution is -0.116. The Hall–Kier alpha value is -1.39. The van der Waals surface area contributed by atoms with Gasteiger partial charge in [0.15, 0.2) is 0 Å². The van der Waals surface area contributed by atoms with Crippen molar-refractivity contribution in [3.63, 3.8) is 0 Å². The SMILES string of the molecule is CCC(CCN)CCC(=O)Nc1ccc(CN(C)C)cc1. The van der Waals surface area contributed by atoms with E-state index in [1.807, 2.05) is 26.2 Å². The van der Waals surface area contributed by atoms with E-state index < -0.39 is 0 Å². The first kappa shape index (κ1) is 17.7. The summed E-state index contributed by atoms with van der Waals surface area (Å²) in [6, 6.07) is 8.04. The average Bonchev–Trinajstić information content (AvgIpc) is 2.45. The number of rotatable bonds is 9. The normalized spacial score (nSPS) is 12.4. The Kier molecular flexibility index (Phi) is 8.01. The number of carbonyl (C=O) groups excluding carboxylic acids is 1. The van der Waals surface area contributed by atoms with Crippen LogP contribution in [-0.2, 0) is 11.3 Å². The number of amides is 1. The summed E-state index contributed by atoms with van der Waals surface area (Å²) in [4.78, 5) is 14.1. The summed E-state index contributed by atoms with van der Waals surface area (Å²) in [6.45, 7) is 3.76. The summed E-state index contributed by atoms with van der Waals surface area (Å²) in [5.41, 5.74) is 7.69. The van der Waals surface area contributed by atoms with Crippen LogP contribution in [0.2, 0.25) is 0 Å². The van der Waals surface area contributed by atoms with Crippen molar-refractivity contribution in [1.29, 1.82) is 0 Å². The summed E-state index contributed by atoms with van der Waals surface area (Å²) >= 11 is 0. The zero-order chi connectivity index (χ0) is 15.7. The monoisotopic (exact) mass is 291 g/mol. The first-order valence-electron chi connectivity index (χ1n) is 7.78. The molecule has 4 heteroatoms. The van der Waals surface area contributed by atoms with Crippen LogP contribution in [0.15, 0.2) is 24.3 Å². The van der Waals surface area contributed by atoms with Crippen molar-refractivity contribution in [1.82, 2.24) is 4.90 Å². The molecule has 0 saturated heterocycles. The van der Waals surface area contributed by atoms with Gasteiger partial charge in [0.1, 0.15) is 0 Å². The van der Waals surface area contributed by atoms with Crippen molar-refractivity contribution < 1.29 is 4.79 Å². The van der Waals surface area contributed by atoms with Crippen molar-refractivity contribution in [3.05, 3.63) is 29.8 Å². The maximum absolute atomic E-state index is 11.9. The van der Waals surface area contributed by atoms with Gasteiger partial charge in [0.05, 0.1) is 0 Å².